The van der Waals surface area contributed by atoms with Crippen LogP contribution in [-0.4, -0.2) is 14.7 Å². The van der Waals surface area contributed by atoms with Crippen LogP contribution in [0.5, 0.6) is 0 Å². The molecule has 1 rings (SSSR count). The minimum atomic E-state index is -0.626. The van der Waals surface area contributed by atoms with Gasteiger partial charge in [-0.1, -0.05) is 23.2 Å². The van der Waals surface area contributed by atoms with E-state index in [2.05, 4.69) is 5.10 Å². The average molecular weight is 236 g/mol. The van der Waals surface area contributed by atoms with Crippen LogP contribution < -0.4 is 0 Å². The maximum atomic E-state index is 10.4. The Balaban J connectivity index is 2.92. The van der Waals surface area contributed by atoms with E-state index >= 15 is 0 Å². The summed E-state index contributed by atoms with van der Waals surface area (Å²) in [6.07, 6.45) is 1.39. The van der Waals surface area contributed by atoms with Gasteiger partial charge in [0.05, 0.1) is 17.8 Å². The lowest BCUT2D eigenvalue weighted by molar-refractivity contribution is -0.389. The van der Waals surface area contributed by atoms with Crippen LogP contribution in [0.3, 0.4) is 0 Å². The summed E-state index contributed by atoms with van der Waals surface area (Å²) in [7, 11) is 0. The lowest BCUT2D eigenvalue weighted by Gasteiger charge is -1.93. The van der Waals surface area contributed by atoms with E-state index in [0.29, 0.717) is 6.54 Å². The normalized spacial score (nSPS) is 11.8. The van der Waals surface area contributed by atoms with Crippen LogP contribution in [0.15, 0.2) is 17.3 Å². The predicted molar refractivity (Wildman–Crippen MR) is 53.5 cm³/mol. The number of hydrogen-bond acceptors (Lipinski definition) is 3. The van der Waals surface area contributed by atoms with Crippen molar-refractivity contribution < 1.29 is 4.92 Å². The molecule has 0 fully saturated rings. The van der Waals surface area contributed by atoms with Crippen LogP contribution in [0.25, 0.3) is 0 Å². The summed E-state index contributed by atoms with van der Waals surface area (Å²) in [5, 5.41) is 14.1. The molecule has 1 heterocycles. The van der Waals surface area contributed by atoms with Crippen molar-refractivity contribution in [2.24, 2.45) is 0 Å². The molecule has 7 heteroatoms. The molecule has 0 atom stereocenters. The van der Waals surface area contributed by atoms with Crippen molar-refractivity contribution in [1.29, 1.82) is 0 Å². The molecule has 0 aliphatic heterocycles. The molecule has 0 radical (unpaired) electrons. The largest absolute Gasteiger partial charge is 0.408 e. The van der Waals surface area contributed by atoms with E-state index in [-0.39, 0.29) is 10.8 Å². The fourth-order valence-electron chi connectivity index (χ4n) is 0.882. The number of allylic oxidation sites excluding steroid dienone is 1. The second-order valence-corrected chi connectivity index (χ2v) is 3.34. The number of nitro groups is 1. The van der Waals surface area contributed by atoms with Crippen molar-refractivity contribution in [1.82, 2.24) is 9.78 Å². The van der Waals surface area contributed by atoms with Gasteiger partial charge in [0.2, 0.25) is 0 Å². The molecule has 0 aliphatic rings. The zero-order valence-electron chi connectivity index (χ0n) is 7.28. The quantitative estimate of drug-likeness (QED) is 0.598. The molecule has 0 saturated carbocycles. The standard InChI is InChI=1S/C7H7Cl2N3O2/c1-5(2-8)3-11-4-6(9)7(10-11)12(13)14/h2,4H,3H2,1H3/b5-2-. The lowest BCUT2D eigenvalue weighted by atomic mass is 10.3. The summed E-state index contributed by atoms with van der Waals surface area (Å²) < 4.78 is 1.37. The van der Waals surface area contributed by atoms with E-state index in [0.717, 1.165) is 5.57 Å². The summed E-state index contributed by atoms with van der Waals surface area (Å²) in [5.74, 6) is -0.339. The van der Waals surface area contributed by atoms with Crippen molar-refractivity contribution in [3.8, 4) is 0 Å². The highest BCUT2D eigenvalue weighted by Gasteiger charge is 2.18. The van der Waals surface area contributed by atoms with Gasteiger partial charge in [0.15, 0.2) is 5.02 Å². The fraction of sp³-hybridized carbons (Fsp3) is 0.286. The third kappa shape index (κ3) is 2.46. The van der Waals surface area contributed by atoms with Crippen LogP contribution in [-0.2, 0) is 6.54 Å². The smallest absolute Gasteiger partial charge is 0.358 e. The molecule has 5 nitrogen and oxygen atoms in total. The summed E-state index contributed by atoms with van der Waals surface area (Å²) in [6.45, 7) is 2.17. The van der Waals surface area contributed by atoms with E-state index in [1.807, 2.05) is 0 Å². The highest BCUT2D eigenvalue weighted by molar-refractivity contribution is 6.32. The van der Waals surface area contributed by atoms with Crippen molar-refractivity contribution in [2.45, 2.75) is 13.5 Å². The number of nitrogens with zero attached hydrogens (tertiary/aromatic N) is 3. The second kappa shape index (κ2) is 4.43. The van der Waals surface area contributed by atoms with Crippen molar-refractivity contribution in [3.05, 3.63) is 32.4 Å². The molecule has 0 aliphatic carbocycles. The Labute approximate surface area is 90.1 Å². The van der Waals surface area contributed by atoms with Crippen LogP contribution in [0.1, 0.15) is 6.92 Å². The van der Waals surface area contributed by atoms with Crippen LogP contribution in [0, 0.1) is 10.1 Å². The van der Waals surface area contributed by atoms with Crippen molar-refractivity contribution in [3.63, 3.8) is 0 Å². The molecule has 0 N–H and O–H groups in total. The lowest BCUT2D eigenvalue weighted by Crippen LogP contribution is -2.00. The Morgan fingerprint density at radius 1 is 1.86 bits per heavy atom. The topological polar surface area (TPSA) is 61.0 Å². The Morgan fingerprint density at radius 3 is 2.93 bits per heavy atom. The molecule has 14 heavy (non-hydrogen) atoms. The first-order valence-corrected chi connectivity index (χ1v) is 4.49. The Bertz CT molecular complexity index is 386. The van der Waals surface area contributed by atoms with Gasteiger partial charge >= 0.3 is 5.82 Å². The summed E-state index contributed by atoms with van der Waals surface area (Å²) in [4.78, 5) is 9.77. The minimum Gasteiger partial charge on any atom is -0.358 e. The van der Waals surface area contributed by atoms with Crippen LogP contribution in [0.2, 0.25) is 5.02 Å². The molecule has 1 aromatic rings. The third-order valence-corrected chi connectivity index (χ3v) is 2.11. The first-order valence-electron chi connectivity index (χ1n) is 3.67. The average Bonchev–Trinajstić information content (AvgIpc) is 2.46. The summed E-state index contributed by atoms with van der Waals surface area (Å²) in [6, 6.07) is 0. The molecule has 0 spiro atoms. The summed E-state index contributed by atoms with van der Waals surface area (Å²) >= 11 is 11.0. The van der Waals surface area contributed by atoms with Crippen molar-refractivity contribution in [2.75, 3.05) is 0 Å². The zero-order valence-corrected chi connectivity index (χ0v) is 8.79. The van der Waals surface area contributed by atoms with E-state index in [4.69, 9.17) is 23.2 Å². The Hall–Kier alpha value is -1.07. The molecule has 0 amide bonds. The van der Waals surface area contributed by atoms with Crippen LogP contribution >= 0.6 is 23.2 Å². The molecule has 0 aromatic carbocycles. The number of rotatable bonds is 3. The molecule has 1 aromatic heterocycles. The van der Waals surface area contributed by atoms with E-state index in [1.54, 1.807) is 6.92 Å². The van der Waals surface area contributed by atoms with Crippen LogP contribution in [0.4, 0.5) is 5.82 Å². The predicted octanol–water partition coefficient (Wildman–Crippen LogP) is 2.59. The molecular weight excluding hydrogens is 229 g/mol. The first-order chi connectivity index (χ1) is 6.54. The van der Waals surface area contributed by atoms with E-state index in [9.17, 15) is 10.1 Å². The first kappa shape index (κ1) is 11.0. The van der Waals surface area contributed by atoms with Gasteiger partial charge in [0.25, 0.3) is 0 Å². The van der Waals surface area contributed by atoms with E-state index < -0.39 is 4.92 Å². The Kier molecular flexibility index (Phi) is 3.49. The minimum absolute atomic E-state index is 0.0253. The van der Waals surface area contributed by atoms with Gasteiger partial charge < -0.3 is 10.1 Å². The number of hydrogen-bond donors (Lipinski definition) is 0. The van der Waals surface area contributed by atoms with Gasteiger partial charge in [-0.05, 0) is 17.4 Å². The van der Waals surface area contributed by atoms with E-state index in [1.165, 1.54) is 16.4 Å². The molecule has 76 valence electrons. The maximum absolute atomic E-state index is 10.4. The molecule has 0 saturated heterocycles. The summed E-state index contributed by atoms with van der Waals surface area (Å²) in [5.41, 5.74) is 2.22. The van der Waals surface area contributed by atoms with Gasteiger partial charge in [0, 0.05) is 5.54 Å². The number of aromatic nitrogens is 2. The highest BCUT2D eigenvalue weighted by Crippen LogP contribution is 2.21. The molecular formula is C7H7Cl2N3O2. The van der Waals surface area contributed by atoms with Gasteiger partial charge in [-0.2, -0.15) is 4.68 Å². The monoisotopic (exact) mass is 235 g/mol. The maximum Gasteiger partial charge on any atom is 0.408 e. The fourth-order valence-corrected chi connectivity index (χ4v) is 1.17. The van der Waals surface area contributed by atoms with Crippen molar-refractivity contribution >= 4 is 29.0 Å². The Morgan fingerprint density at radius 2 is 2.50 bits per heavy atom. The molecule has 0 unspecified atom stereocenters. The number of halogens is 2. The zero-order chi connectivity index (χ0) is 10.7. The van der Waals surface area contributed by atoms with Gasteiger partial charge in [-0.25, -0.2) is 0 Å². The van der Waals surface area contributed by atoms with Gasteiger partial charge in [-0.3, -0.25) is 0 Å². The molecule has 0 bridgehead atoms. The van der Waals surface area contributed by atoms with Gasteiger partial charge in [-0.15, -0.1) is 0 Å². The highest BCUT2D eigenvalue weighted by atomic mass is 35.5. The third-order valence-electron chi connectivity index (χ3n) is 1.47. The second-order valence-electron chi connectivity index (χ2n) is 2.71. The SMILES string of the molecule is C/C(=C/Cl)Cn1cc(Cl)c([N+](=O)[O-])n1. The van der Waals surface area contributed by atoms with Gasteiger partial charge in [0.1, 0.15) is 0 Å².